The molecular weight excluding hydrogens is 230 g/mol. The molecule has 1 aromatic rings. The standard InChI is InChI=1S/C12H21N5O/c1-12(2,18)10-14-11(16-15-10)17-5-3-4-8-6-13-7-9(8)17/h8-9,13,18H,3-7H2,1-2H3,(H,14,15,16). The molecule has 3 heterocycles. The van der Waals surface area contributed by atoms with Crippen LogP contribution in [0.25, 0.3) is 0 Å². The molecule has 0 spiro atoms. The number of aromatic nitrogens is 3. The van der Waals surface area contributed by atoms with Gasteiger partial charge in [0.15, 0.2) is 5.82 Å². The summed E-state index contributed by atoms with van der Waals surface area (Å²) in [4.78, 5) is 6.72. The van der Waals surface area contributed by atoms with Crippen LogP contribution < -0.4 is 10.2 Å². The maximum absolute atomic E-state index is 9.92. The number of fused-ring (bicyclic) bond motifs is 1. The molecular formula is C12H21N5O. The fourth-order valence-corrected chi connectivity index (χ4v) is 2.97. The van der Waals surface area contributed by atoms with Gasteiger partial charge in [-0.2, -0.15) is 4.98 Å². The van der Waals surface area contributed by atoms with Crippen molar-refractivity contribution >= 4 is 5.95 Å². The third-order valence-corrected chi connectivity index (χ3v) is 3.99. The maximum atomic E-state index is 9.92. The topological polar surface area (TPSA) is 77.1 Å². The number of anilines is 1. The lowest BCUT2D eigenvalue weighted by atomic mass is 9.92. The Kier molecular flexibility index (Phi) is 2.79. The van der Waals surface area contributed by atoms with Gasteiger partial charge in [-0.25, -0.2) is 0 Å². The van der Waals surface area contributed by atoms with Gasteiger partial charge >= 0.3 is 0 Å². The van der Waals surface area contributed by atoms with Gasteiger partial charge in [-0.3, -0.25) is 5.10 Å². The lowest BCUT2D eigenvalue weighted by Gasteiger charge is -2.36. The highest BCUT2D eigenvalue weighted by Crippen LogP contribution is 2.29. The number of H-pyrrole nitrogens is 1. The van der Waals surface area contributed by atoms with Gasteiger partial charge in [-0.1, -0.05) is 0 Å². The highest BCUT2D eigenvalue weighted by molar-refractivity contribution is 5.34. The van der Waals surface area contributed by atoms with Crippen LogP contribution in [-0.4, -0.2) is 46.0 Å². The highest BCUT2D eigenvalue weighted by atomic mass is 16.3. The Bertz CT molecular complexity index is 424. The molecule has 2 aliphatic heterocycles. The Hall–Kier alpha value is -1.14. The molecule has 1 aromatic heterocycles. The van der Waals surface area contributed by atoms with Crippen molar-refractivity contribution in [3.8, 4) is 0 Å². The summed E-state index contributed by atoms with van der Waals surface area (Å²) in [6, 6.07) is 0.504. The molecule has 2 atom stereocenters. The van der Waals surface area contributed by atoms with Gasteiger partial charge in [0.1, 0.15) is 5.60 Å². The van der Waals surface area contributed by atoms with Crippen LogP contribution >= 0.6 is 0 Å². The number of nitrogens with one attached hydrogen (secondary N) is 2. The number of nitrogens with zero attached hydrogens (tertiary/aromatic N) is 3. The fraction of sp³-hybridized carbons (Fsp3) is 0.833. The van der Waals surface area contributed by atoms with Crippen LogP contribution in [0.5, 0.6) is 0 Å². The summed E-state index contributed by atoms with van der Waals surface area (Å²) < 4.78 is 0. The third-order valence-electron chi connectivity index (χ3n) is 3.99. The summed E-state index contributed by atoms with van der Waals surface area (Å²) in [5.74, 6) is 1.97. The van der Waals surface area contributed by atoms with E-state index < -0.39 is 5.60 Å². The van der Waals surface area contributed by atoms with Crippen LogP contribution in [0.1, 0.15) is 32.5 Å². The molecule has 2 saturated heterocycles. The first kappa shape index (κ1) is 11.9. The minimum Gasteiger partial charge on any atom is -0.382 e. The van der Waals surface area contributed by atoms with Crippen LogP contribution in [0.3, 0.4) is 0 Å². The van der Waals surface area contributed by atoms with E-state index >= 15 is 0 Å². The number of piperidine rings is 1. The molecule has 0 aromatic carbocycles. The van der Waals surface area contributed by atoms with E-state index in [9.17, 15) is 5.11 Å². The van der Waals surface area contributed by atoms with Crippen LogP contribution in [0.4, 0.5) is 5.95 Å². The quantitative estimate of drug-likeness (QED) is 0.701. The average Bonchev–Trinajstić information content (AvgIpc) is 2.96. The van der Waals surface area contributed by atoms with E-state index in [1.165, 1.54) is 12.8 Å². The van der Waals surface area contributed by atoms with Crippen LogP contribution in [-0.2, 0) is 5.60 Å². The van der Waals surface area contributed by atoms with Crippen molar-refractivity contribution in [1.82, 2.24) is 20.5 Å². The summed E-state index contributed by atoms with van der Waals surface area (Å²) in [5.41, 5.74) is -0.964. The van der Waals surface area contributed by atoms with Gasteiger partial charge in [0.05, 0.1) is 0 Å². The Balaban J connectivity index is 1.83. The number of aromatic amines is 1. The molecule has 2 fully saturated rings. The van der Waals surface area contributed by atoms with Crippen molar-refractivity contribution in [3.63, 3.8) is 0 Å². The molecule has 6 nitrogen and oxygen atoms in total. The SMILES string of the molecule is CC(C)(O)c1nc(N2CCCC3CNCC32)n[nH]1. The first-order valence-electron chi connectivity index (χ1n) is 6.68. The van der Waals surface area contributed by atoms with Gasteiger partial charge in [0.25, 0.3) is 0 Å². The van der Waals surface area contributed by atoms with E-state index in [1.54, 1.807) is 13.8 Å². The number of aliphatic hydroxyl groups is 1. The maximum Gasteiger partial charge on any atom is 0.245 e. The second-order valence-electron chi connectivity index (χ2n) is 5.86. The lowest BCUT2D eigenvalue weighted by Crippen LogP contribution is -2.45. The second kappa shape index (κ2) is 4.20. The molecule has 0 amide bonds. The minimum atomic E-state index is -0.964. The van der Waals surface area contributed by atoms with Gasteiger partial charge < -0.3 is 15.3 Å². The minimum absolute atomic E-state index is 0.504. The van der Waals surface area contributed by atoms with E-state index in [4.69, 9.17) is 0 Å². The second-order valence-corrected chi connectivity index (χ2v) is 5.86. The Labute approximate surface area is 107 Å². The molecule has 0 aliphatic carbocycles. The lowest BCUT2D eigenvalue weighted by molar-refractivity contribution is 0.0691. The van der Waals surface area contributed by atoms with Crippen LogP contribution in [0.15, 0.2) is 0 Å². The Morgan fingerprint density at radius 1 is 1.39 bits per heavy atom. The summed E-state index contributed by atoms with van der Waals surface area (Å²) >= 11 is 0. The first-order valence-corrected chi connectivity index (χ1v) is 6.68. The normalized spacial score (nSPS) is 28.5. The summed E-state index contributed by atoms with van der Waals surface area (Å²) in [7, 11) is 0. The zero-order valence-electron chi connectivity index (χ0n) is 11.0. The Morgan fingerprint density at radius 2 is 2.22 bits per heavy atom. The number of hydrogen-bond acceptors (Lipinski definition) is 5. The molecule has 6 heteroatoms. The zero-order valence-corrected chi connectivity index (χ0v) is 11.0. The van der Waals surface area contributed by atoms with E-state index in [-0.39, 0.29) is 0 Å². The van der Waals surface area contributed by atoms with E-state index in [1.807, 2.05) is 0 Å². The summed E-state index contributed by atoms with van der Waals surface area (Å²) in [5, 5.41) is 20.5. The summed E-state index contributed by atoms with van der Waals surface area (Å²) in [6.45, 7) is 6.55. The van der Waals surface area contributed by atoms with Crippen LogP contribution in [0.2, 0.25) is 0 Å². The van der Waals surface area contributed by atoms with E-state index in [2.05, 4.69) is 25.4 Å². The Morgan fingerprint density at radius 3 is 2.94 bits per heavy atom. The molecule has 18 heavy (non-hydrogen) atoms. The highest BCUT2D eigenvalue weighted by Gasteiger charge is 2.37. The molecule has 3 N–H and O–H groups in total. The van der Waals surface area contributed by atoms with Gasteiger partial charge in [0.2, 0.25) is 5.95 Å². The molecule has 3 rings (SSSR count). The van der Waals surface area contributed by atoms with Gasteiger partial charge in [-0.15, -0.1) is 5.10 Å². The van der Waals surface area contributed by atoms with Crippen molar-refractivity contribution in [2.75, 3.05) is 24.5 Å². The molecule has 0 radical (unpaired) electrons. The van der Waals surface area contributed by atoms with Gasteiger partial charge in [-0.05, 0) is 32.6 Å². The fourth-order valence-electron chi connectivity index (χ4n) is 2.97. The molecule has 0 bridgehead atoms. The van der Waals surface area contributed by atoms with Crippen LogP contribution in [0, 0.1) is 5.92 Å². The smallest absolute Gasteiger partial charge is 0.245 e. The number of rotatable bonds is 2. The largest absolute Gasteiger partial charge is 0.382 e. The van der Waals surface area contributed by atoms with E-state index in [0.717, 1.165) is 25.6 Å². The van der Waals surface area contributed by atoms with Crippen molar-refractivity contribution in [1.29, 1.82) is 0 Å². The van der Waals surface area contributed by atoms with Crippen molar-refractivity contribution in [2.45, 2.75) is 38.3 Å². The molecule has 100 valence electrons. The monoisotopic (exact) mass is 251 g/mol. The van der Waals surface area contributed by atoms with E-state index in [0.29, 0.717) is 17.8 Å². The van der Waals surface area contributed by atoms with Crippen molar-refractivity contribution < 1.29 is 5.11 Å². The summed E-state index contributed by atoms with van der Waals surface area (Å²) in [6.07, 6.45) is 2.48. The average molecular weight is 251 g/mol. The molecule has 2 aliphatic rings. The van der Waals surface area contributed by atoms with Crippen molar-refractivity contribution in [2.24, 2.45) is 5.92 Å². The van der Waals surface area contributed by atoms with Crippen molar-refractivity contribution in [3.05, 3.63) is 5.82 Å². The van der Waals surface area contributed by atoms with Gasteiger partial charge in [0, 0.05) is 25.7 Å². The predicted molar refractivity (Wildman–Crippen MR) is 68.4 cm³/mol. The predicted octanol–water partition coefficient (Wildman–Crippen LogP) is 0.220. The first-order chi connectivity index (χ1) is 8.55. The third kappa shape index (κ3) is 1.99. The number of hydrogen-bond donors (Lipinski definition) is 3. The zero-order chi connectivity index (χ0) is 12.8. The molecule has 0 saturated carbocycles. The molecule has 2 unspecified atom stereocenters.